The lowest BCUT2D eigenvalue weighted by Crippen LogP contribution is -2.56. The van der Waals surface area contributed by atoms with Gasteiger partial charge in [0.05, 0.1) is 7.11 Å². The van der Waals surface area contributed by atoms with Gasteiger partial charge in [0.2, 0.25) is 0 Å². The Balaban J connectivity index is 0.000000983. The van der Waals surface area contributed by atoms with E-state index in [-0.39, 0.29) is 6.47 Å². The molecule has 0 radical (unpaired) electrons. The van der Waals surface area contributed by atoms with Gasteiger partial charge >= 0.3 is 0 Å². The zero-order valence-electron chi connectivity index (χ0n) is 22.4. The van der Waals surface area contributed by atoms with Crippen LogP contribution in [0.5, 0.6) is 5.75 Å². The summed E-state index contributed by atoms with van der Waals surface area (Å²) in [5.74, 6) is 3.13. The van der Waals surface area contributed by atoms with Crippen molar-refractivity contribution in [1.82, 2.24) is 9.88 Å². The molecule has 3 fully saturated rings. The number of nitrogens with one attached hydrogen (secondary N) is 1. The summed E-state index contributed by atoms with van der Waals surface area (Å²) >= 11 is 12.4. The van der Waals surface area contributed by atoms with Crippen LogP contribution < -0.4 is 15.0 Å². The monoisotopic (exact) mass is 574 g/mol. The van der Waals surface area contributed by atoms with Crippen LogP contribution in [0.1, 0.15) is 38.2 Å². The number of likely N-dealkylation sites (tertiary alicyclic amines) is 1. The van der Waals surface area contributed by atoms with E-state index in [4.69, 9.17) is 47.2 Å². The Morgan fingerprint density at radius 3 is 2.64 bits per heavy atom. The number of hydrogen-bond acceptors (Lipinski definition) is 7. The molecule has 0 spiro atoms. The number of halogens is 2. The minimum atomic E-state index is -0.250. The molecule has 2 saturated heterocycles. The highest BCUT2D eigenvalue weighted by molar-refractivity contribution is 6.35. The summed E-state index contributed by atoms with van der Waals surface area (Å²) in [6.07, 6.45) is 5.46. The quantitative estimate of drug-likeness (QED) is 0.313. The Morgan fingerprint density at radius 2 is 1.95 bits per heavy atom. The maximum absolute atomic E-state index is 8.36. The molecule has 1 unspecified atom stereocenters. The lowest BCUT2D eigenvalue weighted by atomic mass is 9.76. The predicted molar refractivity (Wildman–Crippen MR) is 155 cm³/mol. The summed E-state index contributed by atoms with van der Waals surface area (Å²) in [6, 6.07) is 10.9. The smallest absolute Gasteiger partial charge is 0.298 e. The average Bonchev–Trinajstić information content (AvgIpc) is 3.30. The molecule has 6 rings (SSSR count). The highest BCUT2D eigenvalue weighted by atomic mass is 35.5. The van der Waals surface area contributed by atoms with Gasteiger partial charge in [-0.2, -0.15) is 4.98 Å². The topological polar surface area (TPSA) is 91.1 Å². The number of rotatable bonds is 7. The molecule has 8 nitrogen and oxygen atoms in total. The Hall–Kier alpha value is -2.68. The van der Waals surface area contributed by atoms with Crippen molar-refractivity contribution in [1.29, 1.82) is 0 Å². The average molecular weight is 576 g/mol. The summed E-state index contributed by atoms with van der Waals surface area (Å²) in [7, 11) is 1.66. The molecule has 1 aliphatic carbocycles. The molecule has 1 aromatic heterocycles. The van der Waals surface area contributed by atoms with Crippen molar-refractivity contribution >= 4 is 52.5 Å². The molecule has 1 saturated carbocycles. The van der Waals surface area contributed by atoms with E-state index in [0.717, 1.165) is 53.7 Å². The van der Waals surface area contributed by atoms with Gasteiger partial charge in [-0.15, -0.1) is 0 Å². The summed E-state index contributed by atoms with van der Waals surface area (Å²) < 4.78 is 11.9. The number of methoxy groups -OCH3 is 1. The summed E-state index contributed by atoms with van der Waals surface area (Å²) in [5.41, 5.74) is 3.26. The molecule has 0 amide bonds. The van der Waals surface area contributed by atoms with E-state index in [0.29, 0.717) is 33.9 Å². The van der Waals surface area contributed by atoms with E-state index in [1.807, 2.05) is 24.3 Å². The van der Waals surface area contributed by atoms with Crippen molar-refractivity contribution in [2.75, 3.05) is 43.5 Å². The van der Waals surface area contributed by atoms with E-state index in [9.17, 15) is 0 Å². The second kappa shape index (κ2) is 12.2. The van der Waals surface area contributed by atoms with Gasteiger partial charge in [-0.3, -0.25) is 4.79 Å². The number of oxazole rings is 1. The largest absolute Gasteiger partial charge is 0.494 e. The van der Waals surface area contributed by atoms with Crippen molar-refractivity contribution in [3.8, 4) is 5.75 Å². The fraction of sp³-hybridized carbons (Fsp3) is 0.517. The van der Waals surface area contributed by atoms with Gasteiger partial charge in [0, 0.05) is 42.3 Å². The van der Waals surface area contributed by atoms with Crippen LogP contribution in [0.3, 0.4) is 0 Å². The Bertz CT molecular complexity index is 1290. The lowest BCUT2D eigenvalue weighted by Gasteiger charge is -2.50. The van der Waals surface area contributed by atoms with Crippen molar-refractivity contribution in [3.63, 3.8) is 0 Å². The van der Waals surface area contributed by atoms with Crippen LogP contribution in [0.15, 0.2) is 34.7 Å². The summed E-state index contributed by atoms with van der Waals surface area (Å²) in [6.45, 7) is 7.24. The standard InChI is InChI=1S/C28H34Cl2N4O2.CH2O2/c1-17-10-22(11-17)33-9-3-4-19(14-33)20-15-34(16-20)28-32-24-7-8-25(35-2)26(27(24)36-28)31-13-18-5-6-21(29)12-23(18)30;2-1-3/h5-8,12,17,19-20,22,31H,3-4,9-11,13-16H2,1-2H3;1H,(H,2,3). The van der Waals surface area contributed by atoms with Gasteiger partial charge in [0.1, 0.15) is 17.0 Å². The molecule has 1 atom stereocenters. The number of aromatic nitrogens is 1. The summed E-state index contributed by atoms with van der Waals surface area (Å²) in [5, 5.41) is 11.6. The first-order valence-electron chi connectivity index (χ1n) is 13.6. The molecule has 3 aromatic rings. The molecule has 2 aromatic carbocycles. The number of benzene rings is 2. The van der Waals surface area contributed by atoms with Gasteiger partial charge in [0.25, 0.3) is 12.5 Å². The number of anilines is 2. The highest BCUT2D eigenvalue weighted by Gasteiger charge is 2.40. The molecule has 2 N–H and O–H groups in total. The highest BCUT2D eigenvalue weighted by Crippen LogP contribution is 2.41. The molecule has 2 aliphatic heterocycles. The Kier molecular flexibility index (Phi) is 8.74. The number of carboxylic acid groups (broad SMARTS) is 1. The third kappa shape index (κ3) is 6.08. The van der Waals surface area contributed by atoms with Crippen molar-refractivity contribution in [2.24, 2.45) is 17.8 Å². The number of piperidine rings is 1. The van der Waals surface area contributed by atoms with Crippen LogP contribution in [0.4, 0.5) is 11.7 Å². The van der Waals surface area contributed by atoms with Crippen molar-refractivity contribution < 1.29 is 19.1 Å². The predicted octanol–water partition coefficient (Wildman–Crippen LogP) is 6.40. The third-order valence-electron chi connectivity index (χ3n) is 8.40. The zero-order valence-corrected chi connectivity index (χ0v) is 23.9. The van der Waals surface area contributed by atoms with Crippen LogP contribution >= 0.6 is 23.2 Å². The molecule has 0 bridgehead atoms. The van der Waals surface area contributed by atoms with E-state index in [1.54, 1.807) is 13.2 Å². The van der Waals surface area contributed by atoms with Crippen molar-refractivity contribution in [3.05, 3.63) is 45.9 Å². The van der Waals surface area contributed by atoms with Gasteiger partial charge in [-0.05, 0) is 79.8 Å². The Labute approximate surface area is 239 Å². The van der Waals surface area contributed by atoms with E-state index < -0.39 is 0 Å². The van der Waals surface area contributed by atoms with Gasteiger partial charge in [0.15, 0.2) is 5.58 Å². The first kappa shape index (κ1) is 27.9. The molecule has 10 heteroatoms. The van der Waals surface area contributed by atoms with Crippen LogP contribution in [-0.2, 0) is 11.3 Å². The van der Waals surface area contributed by atoms with Crippen LogP contribution in [-0.4, -0.2) is 60.8 Å². The van der Waals surface area contributed by atoms with Gasteiger partial charge < -0.3 is 29.4 Å². The van der Waals surface area contributed by atoms with E-state index in [2.05, 4.69) is 22.0 Å². The van der Waals surface area contributed by atoms with E-state index in [1.165, 1.54) is 38.8 Å². The van der Waals surface area contributed by atoms with Gasteiger partial charge in [-0.25, -0.2) is 0 Å². The molecule has 3 aliphatic rings. The minimum Gasteiger partial charge on any atom is -0.494 e. The molecule has 39 heavy (non-hydrogen) atoms. The molecule has 210 valence electrons. The van der Waals surface area contributed by atoms with Crippen LogP contribution in [0.25, 0.3) is 11.1 Å². The maximum atomic E-state index is 8.36. The minimum absolute atomic E-state index is 0.250. The number of fused-ring (bicyclic) bond motifs is 1. The SMILES string of the molecule is COc1ccc2nc(N3CC(C4CCCN(C5CC(C)C5)C4)C3)oc2c1NCc1ccc(Cl)cc1Cl.O=CO. The number of carbonyl (C=O) groups is 1. The zero-order chi connectivity index (χ0) is 27.5. The lowest BCUT2D eigenvalue weighted by molar-refractivity contribution is -0.122. The Morgan fingerprint density at radius 1 is 1.18 bits per heavy atom. The first-order valence-corrected chi connectivity index (χ1v) is 14.4. The van der Waals surface area contributed by atoms with Gasteiger partial charge in [-0.1, -0.05) is 36.2 Å². The van der Waals surface area contributed by atoms with Crippen LogP contribution in [0.2, 0.25) is 10.0 Å². The fourth-order valence-electron chi connectivity index (χ4n) is 6.17. The molecule has 3 heterocycles. The van der Waals surface area contributed by atoms with Crippen LogP contribution in [0, 0.1) is 17.8 Å². The number of ether oxygens (including phenoxy) is 1. The van der Waals surface area contributed by atoms with Crippen molar-refractivity contribution in [2.45, 2.75) is 45.2 Å². The third-order valence-corrected chi connectivity index (χ3v) is 8.99. The number of hydrogen-bond donors (Lipinski definition) is 2. The maximum Gasteiger partial charge on any atom is 0.298 e. The second-order valence-electron chi connectivity index (χ2n) is 11.0. The normalized spacial score (nSPS) is 23.4. The first-order chi connectivity index (χ1) is 18.9. The van der Waals surface area contributed by atoms with E-state index >= 15 is 0 Å². The fourth-order valence-corrected chi connectivity index (χ4v) is 6.64. The summed E-state index contributed by atoms with van der Waals surface area (Å²) in [4.78, 5) is 18.2. The molecular weight excluding hydrogens is 539 g/mol. The second-order valence-corrected chi connectivity index (χ2v) is 11.8. The molecular formula is C29H36Cl2N4O4. The number of nitrogens with zero attached hydrogens (tertiary/aromatic N) is 3.